The molecule has 0 aromatic heterocycles. The Bertz CT molecular complexity index is 790. The quantitative estimate of drug-likeness (QED) is 0.432. The fourth-order valence-corrected chi connectivity index (χ4v) is 3.82. The molecule has 0 N–H and O–H groups in total. The van der Waals surface area contributed by atoms with E-state index in [0.29, 0.717) is 31.4 Å². The molecule has 1 aliphatic rings. The van der Waals surface area contributed by atoms with Crippen molar-refractivity contribution in [2.45, 2.75) is 65.1 Å². The number of ketones is 1. The Balaban J connectivity index is 2.36. The number of benzene rings is 1. The summed E-state index contributed by atoms with van der Waals surface area (Å²) in [6, 6.07) is 4.20. The number of hydrogen-bond donors (Lipinski definition) is 0. The third-order valence-electron chi connectivity index (χ3n) is 5.71. The Kier molecular flexibility index (Phi) is 7.66. The molecule has 1 saturated heterocycles. The van der Waals surface area contributed by atoms with E-state index in [1.165, 1.54) is 17.0 Å². The van der Waals surface area contributed by atoms with Gasteiger partial charge in [0.25, 0.3) is 5.91 Å². The van der Waals surface area contributed by atoms with Crippen molar-refractivity contribution < 1.29 is 27.5 Å². The molecule has 2 rings (SSSR count). The van der Waals surface area contributed by atoms with Crippen molar-refractivity contribution in [3.05, 3.63) is 35.4 Å². The van der Waals surface area contributed by atoms with Crippen LogP contribution in [-0.4, -0.2) is 40.8 Å². The summed E-state index contributed by atoms with van der Waals surface area (Å²) >= 11 is 5.44. The third-order valence-corrected chi connectivity index (χ3v) is 6.07. The lowest BCUT2D eigenvalue weighted by Gasteiger charge is -2.31. The van der Waals surface area contributed by atoms with Gasteiger partial charge in [-0.05, 0) is 49.2 Å². The number of rotatable bonds is 7. The smallest absolute Gasteiger partial charge is 0.416 e. The number of carbonyl (C=O) groups is 2. The van der Waals surface area contributed by atoms with E-state index >= 15 is 0 Å². The molecule has 0 aliphatic carbocycles. The Labute approximate surface area is 180 Å². The number of Topliss-reactive ketones (excluding diaryl/α,β-unsaturated/α-hetero) is 1. The van der Waals surface area contributed by atoms with Gasteiger partial charge in [0.1, 0.15) is 6.04 Å². The third kappa shape index (κ3) is 5.20. The topological polar surface area (TPSA) is 46.6 Å². The van der Waals surface area contributed by atoms with Gasteiger partial charge >= 0.3 is 6.18 Å². The Hall–Kier alpha value is -1.96. The molecule has 0 bridgehead atoms. The molecule has 0 saturated carbocycles. The SMILES string of the molecule is CCCOC(=S)[C@@H]1C(c2ccc(C(F)(F)F)cc2)CCN1C(=O)C(=O)C(C)(C)CC. The van der Waals surface area contributed by atoms with E-state index in [2.05, 4.69) is 0 Å². The maximum absolute atomic E-state index is 13.0. The largest absolute Gasteiger partial charge is 0.485 e. The second kappa shape index (κ2) is 9.45. The number of nitrogens with zero attached hydrogens (tertiary/aromatic N) is 1. The molecule has 8 heteroatoms. The van der Waals surface area contributed by atoms with E-state index in [1.807, 2.05) is 13.8 Å². The molecule has 1 aliphatic heterocycles. The first-order chi connectivity index (χ1) is 13.9. The van der Waals surface area contributed by atoms with E-state index in [0.717, 1.165) is 12.1 Å². The molecule has 0 spiro atoms. The van der Waals surface area contributed by atoms with Crippen molar-refractivity contribution in [3.8, 4) is 0 Å². The summed E-state index contributed by atoms with van der Waals surface area (Å²) in [6.45, 7) is 7.85. The van der Waals surface area contributed by atoms with Gasteiger partial charge in [0.05, 0.1) is 12.2 Å². The first kappa shape index (κ1) is 24.3. The van der Waals surface area contributed by atoms with Crippen LogP contribution in [-0.2, 0) is 20.5 Å². The lowest BCUT2D eigenvalue weighted by molar-refractivity contribution is -0.149. The minimum Gasteiger partial charge on any atom is -0.485 e. The standard InChI is InChI=1S/C22H28F3NO3S/c1-5-13-29-20(30)17-16(14-7-9-15(10-8-14)22(23,24)25)11-12-26(17)19(28)18(27)21(3,4)6-2/h7-10,16-17H,5-6,11-13H2,1-4H3/t16?,17-/m0/s1. The zero-order valence-electron chi connectivity index (χ0n) is 17.7. The summed E-state index contributed by atoms with van der Waals surface area (Å²) in [4.78, 5) is 27.2. The van der Waals surface area contributed by atoms with E-state index in [9.17, 15) is 22.8 Å². The number of halogens is 3. The van der Waals surface area contributed by atoms with Gasteiger partial charge in [-0.3, -0.25) is 9.59 Å². The Morgan fingerprint density at radius 1 is 1.17 bits per heavy atom. The van der Waals surface area contributed by atoms with Crippen molar-refractivity contribution in [3.63, 3.8) is 0 Å². The molecular formula is C22H28F3NO3S. The number of ether oxygens (including phenoxy) is 1. The molecule has 30 heavy (non-hydrogen) atoms. The molecule has 1 amide bonds. The van der Waals surface area contributed by atoms with E-state index in [1.54, 1.807) is 13.8 Å². The molecule has 166 valence electrons. The van der Waals surface area contributed by atoms with Crippen molar-refractivity contribution >= 4 is 29.0 Å². The van der Waals surface area contributed by atoms with Crippen LogP contribution in [0.25, 0.3) is 0 Å². The van der Waals surface area contributed by atoms with Gasteiger partial charge in [-0.15, -0.1) is 0 Å². The predicted molar refractivity (Wildman–Crippen MR) is 112 cm³/mol. The maximum Gasteiger partial charge on any atom is 0.416 e. The van der Waals surface area contributed by atoms with Crippen molar-refractivity contribution in [1.82, 2.24) is 4.90 Å². The number of hydrogen-bond acceptors (Lipinski definition) is 4. The molecule has 1 aromatic carbocycles. The van der Waals surface area contributed by atoms with Gasteiger partial charge < -0.3 is 9.64 Å². The van der Waals surface area contributed by atoms with Crippen LogP contribution in [0.2, 0.25) is 0 Å². The molecule has 0 radical (unpaired) electrons. The van der Waals surface area contributed by atoms with Crippen LogP contribution in [0.5, 0.6) is 0 Å². The summed E-state index contributed by atoms with van der Waals surface area (Å²) in [7, 11) is 0. The maximum atomic E-state index is 13.0. The normalized spacial score (nSPS) is 19.6. The molecule has 2 atom stereocenters. The monoisotopic (exact) mass is 443 g/mol. The Morgan fingerprint density at radius 2 is 1.77 bits per heavy atom. The Morgan fingerprint density at radius 3 is 2.27 bits per heavy atom. The number of thiocarbonyl (C=S) groups is 1. The zero-order valence-corrected chi connectivity index (χ0v) is 18.5. The molecule has 1 heterocycles. The molecule has 1 unspecified atom stereocenters. The first-order valence-electron chi connectivity index (χ1n) is 10.1. The highest BCUT2D eigenvalue weighted by atomic mass is 32.1. The molecule has 4 nitrogen and oxygen atoms in total. The fraction of sp³-hybridized carbons (Fsp3) is 0.591. The first-order valence-corrected chi connectivity index (χ1v) is 10.5. The van der Waals surface area contributed by atoms with Gasteiger partial charge in [0, 0.05) is 17.9 Å². The summed E-state index contributed by atoms with van der Waals surface area (Å²) in [6.07, 6.45) is -2.72. The second-order valence-corrected chi connectivity index (χ2v) is 8.59. The highest BCUT2D eigenvalue weighted by Gasteiger charge is 2.45. The molecule has 1 aromatic rings. The highest BCUT2D eigenvalue weighted by Crippen LogP contribution is 2.38. The van der Waals surface area contributed by atoms with Crippen LogP contribution in [0.15, 0.2) is 24.3 Å². The number of amides is 1. The summed E-state index contributed by atoms with van der Waals surface area (Å²) in [5.41, 5.74) is -0.911. The van der Waals surface area contributed by atoms with Gasteiger partial charge in [0.2, 0.25) is 5.78 Å². The van der Waals surface area contributed by atoms with Gasteiger partial charge in [-0.25, -0.2) is 0 Å². The summed E-state index contributed by atoms with van der Waals surface area (Å²) in [5.74, 6) is -1.46. The lowest BCUT2D eigenvalue weighted by Crippen LogP contribution is -2.48. The van der Waals surface area contributed by atoms with Crippen LogP contribution >= 0.6 is 12.2 Å². The zero-order chi connectivity index (χ0) is 22.7. The molecule has 1 fully saturated rings. The minimum atomic E-state index is -4.42. The number of alkyl halides is 3. The van der Waals surface area contributed by atoms with E-state index in [-0.39, 0.29) is 17.5 Å². The van der Waals surface area contributed by atoms with Crippen LogP contribution in [0.3, 0.4) is 0 Å². The number of carbonyl (C=O) groups excluding carboxylic acids is 2. The van der Waals surface area contributed by atoms with E-state index in [4.69, 9.17) is 17.0 Å². The van der Waals surface area contributed by atoms with Crippen molar-refractivity contribution in [2.24, 2.45) is 5.41 Å². The van der Waals surface area contributed by atoms with Crippen molar-refractivity contribution in [2.75, 3.05) is 13.2 Å². The van der Waals surface area contributed by atoms with Crippen LogP contribution < -0.4 is 0 Å². The van der Waals surface area contributed by atoms with Gasteiger partial charge in [0.15, 0.2) is 5.05 Å². The van der Waals surface area contributed by atoms with Gasteiger partial charge in [-0.1, -0.05) is 39.8 Å². The predicted octanol–water partition coefficient (Wildman–Crippen LogP) is 5.15. The fourth-order valence-electron chi connectivity index (χ4n) is 3.45. The molecular weight excluding hydrogens is 415 g/mol. The van der Waals surface area contributed by atoms with Crippen LogP contribution in [0, 0.1) is 5.41 Å². The average Bonchev–Trinajstić information content (AvgIpc) is 3.15. The van der Waals surface area contributed by atoms with Gasteiger partial charge in [-0.2, -0.15) is 13.2 Å². The summed E-state index contributed by atoms with van der Waals surface area (Å²) in [5, 5.41) is 0.190. The van der Waals surface area contributed by atoms with E-state index < -0.39 is 34.9 Å². The highest BCUT2D eigenvalue weighted by molar-refractivity contribution is 7.80. The second-order valence-electron chi connectivity index (χ2n) is 8.19. The van der Waals surface area contributed by atoms with Crippen molar-refractivity contribution in [1.29, 1.82) is 0 Å². The minimum absolute atomic E-state index is 0.190. The average molecular weight is 444 g/mol. The van der Waals surface area contributed by atoms with Crippen LogP contribution in [0.1, 0.15) is 64.0 Å². The lowest BCUT2D eigenvalue weighted by atomic mass is 9.84. The van der Waals surface area contributed by atoms with Crippen LogP contribution in [0.4, 0.5) is 13.2 Å². The number of likely N-dealkylation sites (tertiary alicyclic amines) is 1. The summed E-state index contributed by atoms with van der Waals surface area (Å²) < 4.78 is 44.4.